The van der Waals surface area contributed by atoms with Crippen molar-refractivity contribution in [1.29, 1.82) is 0 Å². The summed E-state index contributed by atoms with van der Waals surface area (Å²) < 4.78 is 59.4. The first-order chi connectivity index (χ1) is 16.1. The summed E-state index contributed by atoms with van der Waals surface area (Å²) in [4.78, 5) is 13.2. The van der Waals surface area contributed by atoms with E-state index in [0.717, 1.165) is 5.56 Å². The van der Waals surface area contributed by atoms with Crippen molar-refractivity contribution in [3.63, 3.8) is 0 Å². The molecule has 0 saturated heterocycles. The lowest BCUT2D eigenvalue weighted by Gasteiger charge is -2.39. The quantitative estimate of drug-likeness (QED) is 0.434. The van der Waals surface area contributed by atoms with E-state index in [1.165, 1.54) is 36.4 Å². The maximum absolute atomic E-state index is 13.8. The average molecular weight is 473 g/mol. The number of nitrogens with one attached hydrogen (secondary N) is 1. The number of carbonyl (C=O) groups excluding carboxylic acids is 1. The molecular weight excluding hydrogens is 450 g/mol. The van der Waals surface area contributed by atoms with Gasteiger partial charge in [-0.1, -0.05) is 18.2 Å². The summed E-state index contributed by atoms with van der Waals surface area (Å²) in [5, 5.41) is 13.4. The highest BCUT2D eigenvalue weighted by molar-refractivity contribution is 6.04. The highest BCUT2D eigenvalue weighted by Gasteiger charge is 2.79. The number of rotatable bonds is 6. The van der Waals surface area contributed by atoms with Gasteiger partial charge < -0.3 is 15.2 Å². The topological polar surface area (TPSA) is 58.6 Å². The molecule has 5 rings (SSSR count). The zero-order valence-electron chi connectivity index (χ0n) is 18.3. The van der Waals surface area contributed by atoms with E-state index in [-0.39, 0.29) is 42.4 Å². The molecule has 4 atom stereocenters. The molecule has 2 N–H and O–H groups in total. The Hall–Kier alpha value is -3.29. The first kappa shape index (κ1) is 22.5. The third kappa shape index (κ3) is 3.75. The van der Waals surface area contributed by atoms with E-state index >= 15 is 0 Å². The number of amides is 1. The Labute approximate surface area is 193 Å². The van der Waals surface area contributed by atoms with Gasteiger partial charge in [-0.3, -0.25) is 4.79 Å². The molecular formula is C26H23F4NO3. The van der Waals surface area contributed by atoms with Crippen molar-refractivity contribution in [2.24, 2.45) is 17.3 Å². The molecule has 0 radical (unpaired) electrons. The lowest BCUT2D eigenvalue weighted by Crippen LogP contribution is -2.48. The number of fused-ring (bicyclic) bond motifs is 2. The molecule has 2 aliphatic carbocycles. The monoisotopic (exact) mass is 473 g/mol. The SMILES string of the molecule is CC(NC(=O)c1ccc2cc(F)ccc2c1OCc1ccc(O)cc1)C1CC2(C(F)(F)F)CC12. The summed E-state index contributed by atoms with van der Waals surface area (Å²) in [5.74, 6) is -1.16. The van der Waals surface area contributed by atoms with E-state index in [1.807, 2.05) is 0 Å². The van der Waals surface area contributed by atoms with Gasteiger partial charge in [0.2, 0.25) is 0 Å². The molecule has 8 heteroatoms. The van der Waals surface area contributed by atoms with E-state index in [4.69, 9.17) is 4.74 Å². The molecule has 0 spiro atoms. The zero-order valence-corrected chi connectivity index (χ0v) is 18.3. The molecule has 3 aromatic carbocycles. The zero-order chi connectivity index (χ0) is 24.3. The van der Waals surface area contributed by atoms with Crippen LogP contribution < -0.4 is 10.1 Å². The molecule has 178 valence electrons. The molecule has 2 aliphatic rings. The summed E-state index contributed by atoms with van der Waals surface area (Å²) in [6.45, 7) is 1.83. The number of benzene rings is 3. The van der Waals surface area contributed by atoms with Crippen LogP contribution in [0.15, 0.2) is 54.6 Å². The van der Waals surface area contributed by atoms with Crippen LogP contribution >= 0.6 is 0 Å². The first-order valence-corrected chi connectivity index (χ1v) is 11.1. The number of hydrogen-bond donors (Lipinski definition) is 2. The van der Waals surface area contributed by atoms with Gasteiger partial charge in [0.15, 0.2) is 0 Å². The van der Waals surface area contributed by atoms with E-state index in [2.05, 4.69) is 5.32 Å². The largest absolute Gasteiger partial charge is 0.508 e. The predicted molar refractivity (Wildman–Crippen MR) is 118 cm³/mol. The fourth-order valence-corrected chi connectivity index (χ4v) is 5.24. The molecule has 4 nitrogen and oxygen atoms in total. The van der Waals surface area contributed by atoms with Crippen LogP contribution in [0.2, 0.25) is 0 Å². The summed E-state index contributed by atoms with van der Waals surface area (Å²) >= 11 is 0. The Bertz CT molecular complexity index is 1260. The lowest BCUT2D eigenvalue weighted by molar-refractivity contribution is -0.219. The molecule has 1 amide bonds. The lowest BCUT2D eigenvalue weighted by atomic mass is 9.71. The highest BCUT2D eigenvalue weighted by atomic mass is 19.4. The smallest absolute Gasteiger partial charge is 0.394 e. The number of aromatic hydroxyl groups is 1. The van der Waals surface area contributed by atoms with Crippen LogP contribution in [0.4, 0.5) is 17.6 Å². The number of phenolic OH excluding ortho intramolecular Hbond substituents is 1. The van der Waals surface area contributed by atoms with Crippen molar-refractivity contribution in [3.8, 4) is 11.5 Å². The molecule has 3 aromatic rings. The van der Waals surface area contributed by atoms with Crippen molar-refractivity contribution in [2.45, 2.75) is 38.6 Å². The fourth-order valence-electron chi connectivity index (χ4n) is 5.24. The van der Waals surface area contributed by atoms with Crippen LogP contribution in [0.5, 0.6) is 11.5 Å². The van der Waals surface area contributed by atoms with Gasteiger partial charge in [-0.05, 0) is 78.9 Å². The molecule has 2 saturated carbocycles. The second kappa shape index (κ2) is 7.89. The highest BCUT2D eigenvalue weighted by Crippen LogP contribution is 2.77. The van der Waals surface area contributed by atoms with Gasteiger partial charge >= 0.3 is 6.18 Å². The van der Waals surface area contributed by atoms with E-state index < -0.39 is 35.3 Å². The second-order valence-corrected chi connectivity index (χ2v) is 9.36. The van der Waals surface area contributed by atoms with Gasteiger partial charge in [-0.15, -0.1) is 0 Å². The second-order valence-electron chi connectivity index (χ2n) is 9.36. The Morgan fingerprint density at radius 1 is 1.15 bits per heavy atom. The standard InChI is InChI=1S/C26H23F4NO3/c1-14(21-11-25(12-22(21)25)26(28,29)30)31-24(33)20-8-4-16-10-17(27)5-9-19(16)23(20)34-13-15-2-6-18(32)7-3-15/h2-10,14,21-22,32H,11-13H2,1H3,(H,31,33). The summed E-state index contributed by atoms with van der Waals surface area (Å²) in [5.41, 5.74) is -0.576. The van der Waals surface area contributed by atoms with E-state index in [9.17, 15) is 27.5 Å². The number of ether oxygens (including phenoxy) is 1. The van der Waals surface area contributed by atoms with Crippen LogP contribution in [0.1, 0.15) is 35.7 Å². The number of carbonyl (C=O) groups is 1. The van der Waals surface area contributed by atoms with Crippen LogP contribution in [0.25, 0.3) is 10.8 Å². The van der Waals surface area contributed by atoms with Gasteiger partial charge in [0.25, 0.3) is 5.91 Å². The minimum atomic E-state index is -4.19. The minimum Gasteiger partial charge on any atom is -0.508 e. The number of alkyl halides is 3. The molecule has 2 fully saturated rings. The molecule has 0 heterocycles. The van der Waals surface area contributed by atoms with Crippen molar-refractivity contribution >= 4 is 16.7 Å². The maximum atomic E-state index is 13.8. The van der Waals surface area contributed by atoms with Crippen molar-refractivity contribution in [1.82, 2.24) is 5.32 Å². The van der Waals surface area contributed by atoms with E-state index in [1.54, 1.807) is 25.1 Å². The van der Waals surface area contributed by atoms with Crippen molar-refractivity contribution in [3.05, 3.63) is 71.5 Å². The van der Waals surface area contributed by atoms with Gasteiger partial charge in [-0.2, -0.15) is 13.2 Å². The van der Waals surface area contributed by atoms with Crippen molar-refractivity contribution < 1.29 is 32.2 Å². The Morgan fingerprint density at radius 2 is 1.88 bits per heavy atom. The summed E-state index contributed by atoms with van der Waals surface area (Å²) in [6.07, 6.45) is -4.03. The summed E-state index contributed by atoms with van der Waals surface area (Å²) in [7, 11) is 0. The Kier molecular flexibility index (Phi) is 5.22. The molecule has 0 bridgehead atoms. The van der Waals surface area contributed by atoms with Crippen LogP contribution in [-0.4, -0.2) is 23.2 Å². The molecule has 4 unspecified atom stereocenters. The minimum absolute atomic E-state index is 0.0316. The van der Waals surface area contributed by atoms with Crippen LogP contribution in [0.3, 0.4) is 0 Å². The van der Waals surface area contributed by atoms with Crippen molar-refractivity contribution in [2.75, 3.05) is 0 Å². The predicted octanol–water partition coefficient (Wildman–Crippen LogP) is 5.97. The van der Waals surface area contributed by atoms with Crippen LogP contribution in [-0.2, 0) is 6.61 Å². The Balaban J connectivity index is 1.37. The fraction of sp³-hybridized carbons (Fsp3) is 0.346. The summed E-state index contributed by atoms with van der Waals surface area (Å²) in [6, 6.07) is 13.3. The van der Waals surface area contributed by atoms with E-state index in [0.29, 0.717) is 10.8 Å². The average Bonchev–Trinajstić information content (AvgIpc) is 3.37. The molecule has 0 aliphatic heterocycles. The van der Waals surface area contributed by atoms with Crippen LogP contribution in [0, 0.1) is 23.1 Å². The number of phenols is 1. The third-order valence-corrected chi connectivity index (χ3v) is 7.31. The number of halogens is 4. The van der Waals surface area contributed by atoms with Gasteiger partial charge in [0, 0.05) is 11.4 Å². The third-order valence-electron chi connectivity index (χ3n) is 7.31. The molecule has 0 aromatic heterocycles. The first-order valence-electron chi connectivity index (χ1n) is 11.1. The van der Waals surface area contributed by atoms with Gasteiger partial charge in [0.05, 0.1) is 11.0 Å². The van der Waals surface area contributed by atoms with Gasteiger partial charge in [0.1, 0.15) is 23.9 Å². The maximum Gasteiger partial charge on any atom is 0.394 e. The molecule has 34 heavy (non-hydrogen) atoms. The normalized spacial score (nSPS) is 24.1. The number of hydrogen-bond acceptors (Lipinski definition) is 3. The Morgan fingerprint density at radius 3 is 2.53 bits per heavy atom. The van der Waals surface area contributed by atoms with Gasteiger partial charge in [-0.25, -0.2) is 4.39 Å².